The number of anilines is 3. The highest BCUT2D eigenvalue weighted by atomic mass is 32.1. The summed E-state index contributed by atoms with van der Waals surface area (Å²) in [4.78, 5) is 36.9. The Bertz CT molecular complexity index is 755. The van der Waals surface area contributed by atoms with E-state index in [-0.39, 0.29) is 27.1 Å². The van der Waals surface area contributed by atoms with E-state index in [0.29, 0.717) is 11.3 Å². The summed E-state index contributed by atoms with van der Waals surface area (Å²) in [7, 11) is 0. The molecule has 0 atom stereocenters. The topological polar surface area (TPSA) is 163 Å². The van der Waals surface area contributed by atoms with E-state index in [1.807, 2.05) is 0 Å². The summed E-state index contributed by atoms with van der Waals surface area (Å²) < 4.78 is 4.81. The van der Waals surface area contributed by atoms with Crippen LogP contribution in [-0.4, -0.2) is 28.4 Å². The van der Waals surface area contributed by atoms with E-state index in [1.54, 1.807) is 0 Å². The quantitative estimate of drug-likeness (QED) is 0.315. The third kappa shape index (κ3) is 4.38. The number of carbonyl (C=O) groups excluding carboxylic acids is 2. The first-order chi connectivity index (χ1) is 10.8. The van der Waals surface area contributed by atoms with Crippen molar-refractivity contribution in [2.75, 3.05) is 23.4 Å². The number of hydrogen-bond donors (Lipinski definition) is 3. The molecule has 0 fully saturated rings. The van der Waals surface area contributed by atoms with E-state index >= 15 is 0 Å². The molecule has 0 aliphatic heterocycles. The van der Waals surface area contributed by atoms with Crippen molar-refractivity contribution in [2.45, 2.75) is 0 Å². The van der Waals surface area contributed by atoms with Gasteiger partial charge in [-0.2, -0.15) is 0 Å². The Kier molecular flexibility index (Phi) is 4.71. The SMILES string of the molecule is Nc1cc(N)cc(C(=O)OCC(=O)Nc2ncc([N+](=O)[O-])s2)c1. The number of esters is 1. The van der Waals surface area contributed by atoms with Crippen LogP contribution < -0.4 is 16.8 Å². The summed E-state index contributed by atoms with van der Waals surface area (Å²) in [6.07, 6.45) is 1.02. The van der Waals surface area contributed by atoms with Crippen molar-refractivity contribution >= 4 is 44.7 Å². The Balaban J connectivity index is 1.90. The second-order valence-corrected chi connectivity index (χ2v) is 5.28. The summed E-state index contributed by atoms with van der Waals surface area (Å²) in [5.41, 5.74) is 11.8. The molecule has 1 aromatic heterocycles. The molecule has 23 heavy (non-hydrogen) atoms. The van der Waals surface area contributed by atoms with E-state index < -0.39 is 23.4 Å². The fourth-order valence-electron chi connectivity index (χ4n) is 1.57. The standard InChI is InChI=1S/C12H11N5O5S/c13-7-1-6(2-8(14)3-7)11(19)22-5-9(18)16-12-15-4-10(23-12)17(20)21/h1-4H,5,13-14H2,(H,15,16,18). The molecule has 0 saturated carbocycles. The third-order valence-corrected chi connectivity index (χ3v) is 3.33. The number of nitrogen functional groups attached to an aromatic ring is 2. The molecule has 0 radical (unpaired) electrons. The molecule has 0 aliphatic carbocycles. The predicted octanol–water partition coefficient (Wildman–Crippen LogP) is 1.01. The lowest BCUT2D eigenvalue weighted by Gasteiger charge is -2.06. The maximum atomic E-state index is 11.8. The molecule has 0 unspecified atom stereocenters. The highest BCUT2D eigenvalue weighted by Crippen LogP contribution is 2.24. The average molecular weight is 337 g/mol. The van der Waals surface area contributed by atoms with Crippen LogP contribution in [0, 0.1) is 10.1 Å². The molecule has 0 bridgehead atoms. The average Bonchev–Trinajstić information content (AvgIpc) is 2.92. The minimum absolute atomic E-state index is 0.0333. The van der Waals surface area contributed by atoms with Gasteiger partial charge in [-0.1, -0.05) is 0 Å². The molecular weight excluding hydrogens is 326 g/mol. The van der Waals surface area contributed by atoms with Crippen LogP contribution in [0.5, 0.6) is 0 Å². The molecule has 0 aliphatic rings. The minimum Gasteiger partial charge on any atom is -0.452 e. The second-order valence-electron chi connectivity index (χ2n) is 4.27. The number of nitrogens with zero attached hydrogens (tertiary/aromatic N) is 2. The Hall–Kier alpha value is -3.21. The summed E-state index contributed by atoms with van der Waals surface area (Å²) in [5.74, 6) is -1.45. The number of nitro groups is 1. The van der Waals surface area contributed by atoms with Gasteiger partial charge in [-0.15, -0.1) is 0 Å². The highest BCUT2D eigenvalue weighted by molar-refractivity contribution is 7.18. The van der Waals surface area contributed by atoms with Gasteiger partial charge in [0.15, 0.2) is 11.7 Å². The second kappa shape index (κ2) is 6.70. The summed E-state index contributed by atoms with van der Waals surface area (Å²) in [6.45, 7) is -0.582. The maximum absolute atomic E-state index is 11.8. The van der Waals surface area contributed by atoms with Gasteiger partial charge < -0.3 is 16.2 Å². The molecule has 11 heteroatoms. The Morgan fingerprint density at radius 3 is 2.52 bits per heavy atom. The van der Waals surface area contributed by atoms with Crippen molar-refractivity contribution in [3.8, 4) is 0 Å². The van der Waals surface area contributed by atoms with Gasteiger partial charge in [-0.25, -0.2) is 9.78 Å². The van der Waals surface area contributed by atoms with E-state index in [0.717, 1.165) is 6.20 Å². The van der Waals surface area contributed by atoms with E-state index in [2.05, 4.69) is 10.3 Å². The van der Waals surface area contributed by atoms with Crippen LogP contribution in [0.25, 0.3) is 0 Å². The number of rotatable bonds is 5. The lowest BCUT2D eigenvalue weighted by Crippen LogP contribution is -2.21. The summed E-state index contributed by atoms with van der Waals surface area (Å²) >= 11 is 0.688. The zero-order valence-electron chi connectivity index (χ0n) is 11.5. The predicted molar refractivity (Wildman–Crippen MR) is 82.9 cm³/mol. The lowest BCUT2D eigenvalue weighted by molar-refractivity contribution is -0.380. The largest absolute Gasteiger partial charge is 0.452 e. The monoisotopic (exact) mass is 337 g/mol. The molecule has 0 saturated heterocycles. The summed E-state index contributed by atoms with van der Waals surface area (Å²) in [5, 5.41) is 12.6. The maximum Gasteiger partial charge on any atom is 0.345 e. The third-order valence-electron chi connectivity index (χ3n) is 2.47. The molecule has 1 amide bonds. The number of ether oxygens (including phenoxy) is 1. The van der Waals surface area contributed by atoms with Crippen molar-refractivity contribution < 1.29 is 19.2 Å². The number of thiazole rings is 1. The molecule has 2 rings (SSSR count). The number of nitrogens with two attached hydrogens (primary N) is 2. The van der Waals surface area contributed by atoms with Gasteiger partial charge in [-0.05, 0) is 29.5 Å². The van der Waals surface area contributed by atoms with Gasteiger partial charge >= 0.3 is 11.0 Å². The van der Waals surface area contributed by atoms with Gasteiger partial charge in [-0.3, -0.25) is 20.2 Å². The van der Waals surface area contributed by atoms with Gasteiger partial charge in [0, 0.05) is 11.4 Å². The zero-order valence-corrected chi connectivity index (χ0v) is 12.3. The Morgan fingerprint density at radius 2 is 1.96 bits per heavy atom. The molecule has 120 valence electrons. The normalized spacial score (nSPS) is 10.1. The molecule has 1 heterocycles. The fourth-order valence-corrected chi connectivity index (χ4v) is 2.22. The fraction of sp³-hybridized carbons (Fsp3) is 0.0833. The molecular formula is C12H11N5O5S. The number of nitrogens with one attached hydrogen (secondary N) is 1. The molecule has 5 N–H and O–H groups in total. The lowest BCUT2D eigenvalue weighted by atomic mass is 10.2. The van der Waals surface area contributed by atoms with E-state index in [1.165, 1.54) is 18.2 Å². The molecule has 0 spiro atoms. The Labute approximate surface area is 133 Å². The van der Waals surface area contributed by atoms with Crippen LogP contribution in [-0.2, 0) is 9.53 Å². The van der Waals surface area contributed by atoms with Gasteiger partial charge in [0.25, 0.3) is 5.91 Å². The van der Waals surface area contributed by atoms with Crippen molar-refractivity contribution in [2.24, 2.45) is 0 Å². The highest BCUT2D eigenvalue weighted by Gasteiger charge is 2.15. The first-order valence-electron chi connectivity index (χ1n) is 6.08. The van der Waals surface area contributed by atoms with E-state index in [4.69, 9.17) is 16.2 Å². The number of aromatic nitrogens is 1. The van der Waals surface area contributed by atoms with Crippen LogP contribution in [0.1, 0.15) is 10.4 Å². The number of hydrogen-bond acceptors (Lipinski definition) is 9. The van der Waals surface area contributed by atoms with Crippen molar-refractivity contribution in [3.63, 3.8) is 0 Å². The van der Waals surface area contributed by atoms with Crippen molar-refractivity contribution in [1.82, 2.24) is 4.98 Å². The van der Waals surface area contributed by atoms with Crippen LogP contribution in [0.3, 0.4) is 0 Å². The molecule has 10 nitrogen and oxygen atoms in total. The number of benzene rings is 1. The van der Waals surface area contributed by atoms with Crippen LogP contribution in [0.15, 0.2) is 24.4 Å². The minimum atomic E-state index is -0.774. The smallest absolute Gasteiger partial charge is 0.345 e. The van der Waals surface area contributed by atoms with Crippen LogP contribution in [0.4, 0.5) is 21.5 Å². The Morgan fingerprint density at radius 1 is 1.30 bits per heavy atom. The van der Waals surface area contributed by atoms with Crippen molar-refractivity contribution in [1.29, 1.82) is 0 Å². The number of amides is 1. The van der Waals surface area contributed by atoms with Crippen LogP contribution >= 0.6 is 11.3 Å². The first-order valence-corrected chi connectivity index (χ1v) is 6.90. The zero-order chi connectivity index (χ0) is 17.0. The van der Waals surface area contributed by atoms with Gasteiger partial charge in [0.1, 0.15) is 6.20 Å². The molecule has 1 aromatic carbocycles. The van der Waals surface area contributed by atoms with E-state index in [9.17, 15) is 19.7 Å². The first kappa shape index (κ1) is 16.2. The van der Waals surface area contributed by atoms with Crippen molar-refractivity contribution in [3.05, 3.63) is 40.1 Å². The van der Waals surface area contributed by atoms with Gasteiger partial charge in [0.05, 0.1) is 10.5 Å². The van der Waals surface area contributed by atoms with Crippen LogP contribution in [0.2, 0.25) is 0 Å². The molecule has 2 aromatic rings. The summed E-state index contributed by atoms with van der Waals surface area (Å²) in [6, 6.07) is 4.19. The number of carbonyl (C=O) groups is 2. The van der Waals surface area contributed by atoms with Gasteiger partial charge in [0.2, 0.25) is 0 Å².